The van der Waals surface area contributed by atoms with Crippen LogP contribution >= 0.6 is 22.9 Å². The predicted octanol–water partition coefficient (Wildman–Crippen LogP) is 7.23. The lowest BCUT2D eigenvalue weighted by molar-refractivity contribution is -0.137. The van der Waals surface area contributed by atoms with Gasteiger partial charge in [-0.05, 0) is 42.8 Å². The summed E-state index contributed by atoms with van der Waals surface area (Å²) in [5.41, 5.74) is 1.49. The minimum absolute atomic E-state index is 0.0511. The van der Waals surface area contributed by atoms with Crippen LogP contribution in [-0.4, -0.2) is 10.9 Å². The number of nitrogens with zero attached hydrogens (tertiary/aromatic N) is 1. The molecular weight excluding hydrogens is 461 g/mol. The van der Waals surface area contributed by atoms with Gasteiger partial charge < -0.3 is 4.42 Å². The molecule has 0 radical (unpaired) electrons. The van der Waals surface area contributed by atoms with Crippen LogP contribution in [0.25, 0.3) is 11.3 Å². The zero-order chi connectivity index (χ0) is 22.9. The number of amides is 1. The lowest BCUT2D eigenvalue weighted by Crippen LogP contribution is -2.10. The number of furan rings is 1. The summed E-state index contributed by atoms with van der Waals surface area (Å²) >= 11 is 7.38. The minimum atomic E-state index is -4.52. The summed E-state index contributed by atoms with van der Waals surface area (Å²) < 4.78 is 44.5. The van der Waals surface area contributed by atoms with E-state index in [2.05, 4.69) is 16.4 Å². The fourth-order valence-electron chi connectivity index (χ4n) is 3.12. The van der Waals surface area contributed by atoms with Crippen molar-refractivity contribution in [1.29, 1.82) is 0 Å². The molecule has 1 N–H and O–H groups in total. The first kappa shape index (κ1) is 22.1. The highest BCUT2D eigenvalue weighted by atomic mass is 35.5. The zero-order valence-electron chi connectivity index (χ0n) is 16.7. The first-order valence-corrected chi connectivity index (χ1v) is 10.7. The molecule has 32 heavy (non-hydrogen) atoms. The second-order valence-corrected chi connectivity index (χ2v) is 8.63. The van der Waals surface area contributed by atoms with E-state index in [1.165, 1.54) is 23.5 Å². The van der Waals surface area contributed by atoms with E-state index in [0.717, 1.165) is 34.2 Å². The number of hydrogen-bond donors (Lipinski definition) is 1. The number of thiazole rings is 1. The molecule has 2 heterocycles. The Labute approximate surface area is 190 Å². The standard InChI is InChI=1S/C23H16ClF3N2O2S/c1-13-3-2-4-14(9-13)10-16-12-28-22(32-16)29-21(30)20-8-7-19(31-20)17-11-15(23(25,26)27)5-6-18(17)24/h2-9,11-12H,10H2,1H3,(H,28,29,30). The van der Waals surface area contributed by atoms with Crippen molar-refractivity contribution in [2.45, 2.75) is 19.5 Å². The second-order valence-electron chi connectivity index (χ2n) is 7.11. The van der Waals surface area contributed by atoms with Crippen LogP contribution in [0.2, 0.25) is 5.02 Å². The Kier molecular flexibility index (Phi) is 6.08. The predicted molar refractivity (Wildman–Crippen MR) is 118 cm³/mol. The maximum Gasteiger partial charge on any atom is 0.416 e. The third kappa shape index (κ3) is 5.03. The molecule has 164 valence electrons. The van der Waals surface area contributed by atoms with Crippen LogP contribution in [0.15, 0.2) is 65.2 Å². The Morgan fingerprint density at radius 1 is 1.16 bits per heavy atom. The number of benzene rings is 2. The third-order valence-corrected chi connectivity index (χ3v) is 5.87. The molecule has 0 aliphatic carbocycles. The van der Waals surface area contributed by atoms with Crippen molar-refractivity contribution in [3.63, 3.8) is 0 Å². The van der Waals surface area contributed by atoms with Gasteiger partial charge in [0.15, 0.2) is 10.9 Å². The van der Waals surface area contributed by atoms with Crippen molar-refractivity contribution >= 4 is 34.0 Å². The molecule has 0 aliphatic rings. The summed E-state index contributed by atoms with van der Waals surface area (Å²) in [6.45, 7) is 2.02. The molecule has 0 saturated heterocycles. The highest BCUT2D eigenvalue weighted by molar-refractivity contribution is 7.15. The van der Waals surface area contributed by atoms with Crippen molar-refractivity contribution in [2.75, 3.05) is 5.32 Å². The van der Waals surface area contributed by atoms with Crippen molar-refractivity contribution in [1.82, 2.24) is 4.98 Å². The van der Waals surface area contributed by atoms with Gasteiger partial charge >= 0.3 is 6.18 Å². The van der Waals surface area contributed by atoms with Crippen LogP contribution in [0.4, 0.5) is 18.3 Å². The van der Waals surface area contributed by atoms with Crippen LogP contribution in [0.5, 0.6) is 0 Å². The molecule has 0 spiro atoms. The van der Waals surface area contributed by atoms with E-state index in [-0.39, 0.29) is 22.1 Å². The van der Waals surface area contributed by atoms with Crippen molar-refractivity contribution in [2.24, 2.45) is 0 Å². The van der Waals surface area contributed by atoms with Crippen molar-refractivity contribution in [3.05, 3.63) is 93.1 Å². The topological polar surface area (TPSA) is 55.1 Å². The van der Waals surface area contributed by atoms with Gasteiger partial charge in [0.1, 0.15) is 5.76 Å². The molecular formula is C23H16ClF3N2O2S. The molecule has 0 saturated carbocycles. The number of alkyl halides is 3. The Morgan fingerprint density at radius 2 is 1.97 bits per heavy atom. The highest BCUT2D eigenvalue weighted by Crippen LogP contribution is 2.36. The Bertz CT molecular complexity index is 1280. The fourth-order valence-corrected chi connectivity index (χ4v) is 4.18. The lowest BCUT2D eigenvalue weighted by Gasteiger charge is -2.09. The lowest BCUT2D eigenvalue weighted by atomic mass is 10.1. The first-order valence-electron chi connectivity index (χ1n) is 9.47. The average Bonchev–Trinajstić information content (AvgIpc) is 3.37. The zero-order valence-corrected chi connectivity index (χ0v) is 18.2. The van der Waals surface area contributed by atoms with Gasteiger partial charge in [-0.25, -0.2) is 4.98 Å². The molecule has 0 fully saturated rings. The van der Waals surface area contributed by atoms with Gasteiger partial charge in [0.25, 0.3) is 5.91 Å². The van der Waals surface area contributed by atoms with Crippen molar-refractivity contribution < 1.29 is 22.4 Å². The van der Waals surface area contributed by atoms with Gasteiger partial charge in [-0.1, -0.05) is 41.4 Å². The molecule has 0 atom stereocenters. The van der Waals surface area contributed by atoms with Crippen molar-refractivity contribution in [3.8, 4) is 11.3 Å². The van der Waals surface area contributed by atoms with E-state index >= 15 is 0 Å². The SMILES string of the molecule is Cc1cccc(Cc2cnc(NC(=O)c3ccc(-c4cc(C(F)(F)F)ccc4Cl)o3)s2)c1. The molecule has 4 nitrogen and oxygen atoms in total. The van der Waals surface area contributed by atoms with E-state index in [0.29, 0.717) is 11.6 Å². The molecule has 2 aromatic heterocycles. The molecule has 2 aromatic carbocycles. The second kappa shape index (κ2) is 8.80. The molecule has 4 aromatic rings. The Hall–Kier alpha value is -3.10. The van der Waals surface area contributed by atoms with Crippen LogP contribution in [-0.2, 0) is 12.6 Å². The number of carbonyl (C=O) groups excluding carboxylic acids is 1. The molecule has 4 rings (SSSR count). The summed E-state index contributed by atoms with van der Waals surface area (Å²) in [4.78, 5) is 17.7. The highest BCUT2D eigenvalue weighted by Gasteiger charge is 2.31. The Balaban J connectivity index is 1.48. The number of halogens is 4. The number of hydrogen-bond acceptors (Lipinski definition) is 4. The number of nitrogens with one attached hydrogen (secondary N) is 1. The van der Waals surface area contributed by atoms with E-state index in [1.54, 1.807) is 6.20 Å². The largest absolute Gasteiger partial charge is 0.451 e. The molecule has 9 heteroatoms. The molecule has 0 aliphatic heterocycles. The average molecular weight is 477 g/mol. The van der Waals surface area contributed by atoms with Crippen LogP contribution in [0, 0.1) is 6.92 Å². The number of rotatable bonds is 5. The maximum absolute atomic E-state index is 13.0. The van der Waals surface area contributed by atoms with Gasteiger partial charge in [-0.15, -0.1) is 11.3 Å². The Morgan fingerprint density at radius 3 is 2.72 bits per heavy atom. The molecule has 0 unspecified atom stereocenters. The van der Waals surface area contributed by atoms with Crippen LogP contribution < -0.4 is 5.32 Å². The van der Waals surface area contributed by atoms with Gasteiger partial charge in [-0.3, -0.25) is 10.1 Å². The monoisotopic (exact) mass is 476 g/mol. The molecule has 1 amide bonds. The van der Waals surface area contributed by atoms with Crippen LogP contribution in [0.3, 0.4) is 0 Å². The minimum Gasteiger partial charge on any atom is -0.451 e. The maximum atomic E-state index is 13.0. The van der Waals surface area contributed by atoms with E-state index in [9.17, 15) is 18.0 Å². The summed E-state index contributed by atoms with van der Waals surface area (Å²) in [5.74, 6) is -0.565. The molecule has 0 bridgehead atoms. The third-order valence-electron chi connectivity index (χ3n) is 4.62. The quantitative estimate of drug-likeness (QED) is 0.330. The summed E-state index contributed by atoms with van der Waals surface area (Å²) in [7, 11) is 0. The summed E-state index contributed by atoms with van der Waals surface area (Å²) in [6.07, 6.45) is -2.14. The summed E-state index contributed by atoms with van der Waals surface area (Å²) in [5, 5.41) is 3.13. The van der Waals surface area contributed by atoms with E-state index in [4.69, 9.17) is 16.0 Å². The van der Waals surface area contributed by atoms with Gasteiger partial charge in [0.05, 0.1) is 10.6 Å². The van der Waals surface area contributed by atoms with E-state index in [1.807, 2.05) is 25.1 Å². The number of aromatic nitrogens is 1. The number of carbonyl (C=O) groups is 1. The van der Waals surface area contributed by atoms with Gasteiger partial charge in [0, 0.05) is 23.1 Å². The van der Waals surface area contributed by atoms with Gasteiger partial charge in [0.2, 0.25) is 0 Å². The summed E-state index contributed by atoms with van der Waals surface area (Å²) in [6, 6.07) is 13.8. The number of aryl methyl sites for hydroxylation is 1. The first-order chi connectivity index (χ1) is 15.2. The van der Waals surface area contributed by atoms with Crippen LogP contribution in [0.1, 0.15) is 32.1 Å². The fraction of sp³-hybridized carbons (Fsp3) is 0.130. The van der Waals surface area contributed by atoms with E-state index < -0.39 is 17.6 Å². The van der Waals surface area contributed by atoms with Gasteiger partial charge in [-0.2, -0.15) is 13.2 Å². The normalized spacial score (nSPS) is 11.5. The smallest absolute Gasteiger partial charge is 0.416 e. The number of anilines is 1.